The molecule has 0 bridgehead atoms. The predicted octanol–water partition coefficient (Wildman–Crippen LogP) is 0.848. The number of carboxylic acid groups (broad SMARTS) is 1. The van der Waals surface area contributed by atoms with Crippen LogP contribution in [-0.4, -0.2) is 84.2 Å². The highest BCUT2D eigenvalue weighted by molar-refractivity contribution is 6.06. The van der Waals surface area contributed by atoms with Crippen molar-refractivity contribution in [3.05, 3.63) is 29.7 Å². The monoisotopic (exact) mass is 601 g/mol. The number of nitrogens with zero attached hydrogens (tertiary/aromatic N) is 5. The minimum Gasteiger partial charge on any atom is -0.481 e. The van der Waals surface area contributed by atoms with Gasteiger partial charge >= 0.3 is 12.1 Å². The van der Waals surface area contributed by atoms with Gasteiger partial charge in [-0.15, -0.1) is 10.2 Å². The third-order valence-corrected chi connectivity index (χ3v) is 6.84. The largest absolute Gasteiger partial charge is 0.481 e. The summed E-state index contributed by atoms with van der Waals surface area (Å²) in [6, 6.07) is 0.156. The molecule has 16 heteroatoms. The quantitative estimate of drug-likeness (QED) is 0.216. The van der Waals surface area contributed by atoms with Crippen LogP contribution >= 0.6 is 0 Å². The first kappa shape index (κ1) is 32.9. The highest BCUT2D eigenvalue weighted by Gasteiger charge is 2.42. The predicted molar refractivity (Wildman–Crippen MR) is 151 cm³/mol. The molecule has 0 spiro atoms. The number of fused-ring (bicyclic) bond motifs is 1. The van der Waals surface area contributed by atoms with Crippen LogP contribution in [0.3, 0.4) is 0 Å². The summed E-state index contributed by atoms with van der Waals surface area (Å²) in [5.41, 5.74) is -0.152. The normalized spacial score (nSPS) is 16.4. The molecule has 0 saturated carbocycles. The highest BCUT2D eigenvalue weighted by Crippen LogP contribution is 2.31. The van der Waals surface area contributed by atoms with Crippen LogP contribution in [-0.2, 0) is 36.9 Å². The second-order valence-electron chi connectivity index (χ2n) is 11.3. The van der Waals surface area contributed by atoms with Gasteiger partial charge in [0, 0.05) is 19.0 Å². The maximum atomic E-state index is 14.1. The number of pyridine rings is 1. The summed E-state index contributed by atoms with van der Waals surface area (Å²) in [6.07, 6.45) is 1.17. The molecule has 43 heavy (non-hydrogen) atoms. The van der Waals surface area contributed by atoms with Gasteiger partial charge in [0.1, 0.15) is 29.5 Å². The number of nitrogens with one attached hydrogen (secondary N) is 4. The Balaban J connectivity index is 1.87. The molecular formula is C27H39N9O7. The third kappa shape index (κ3) is 9.18. The van der Waals surface area contributed by atoms with Crippen LogP contribution in [0.15, 0.2) is 18.3 Å². The van der Waals surface area contributed by atoms with Crippen molar-refractivity contribution in [2.45, 2.75) is 97.0 Å². The summed E-state index contributed by atoms with van der Waals surface area (Å²) in [6.45, 7) is 8.66. The molecule has 5 N–H and O–H groups in total. The number of hydrogen-bond acceptors (Lipinski definition) is 10. The van der Waals surface area contributed by atoms with E-state index in [1.807, 2.05) is 6.92 Å². The second kappa shape index (κ2) is 14.5. The SMILES string of the molecule is CCC(C)C(NC(=O)OC(C)(C)C)C(=O)NC(CCCC(=O)O)C(=O)N1c2ncccc2C[C@H]1C(=O)NCc1nn[nH]n1. The van der Waals surface area contributed by atoms with Crippen LogP contribution < -0.4 is 20.9 Å². The van der Waals surface area contributed by atoms with Crippen LogP contribution in [0.4, 0.5) is 10.6 Å². The summed E-state index contributed by atoms with van der Waals surface area (Å²) in [7, 11) is 0. The average molecular weight is 602 g/mol. The average Bonchev–Trinajstić information content (AvgIpc) is 3.60. The van der Waals surface area contributed by atoms with E-state index in [1.165, 1.54) is 11.1 Å². The molecule has 2 aromatic rings. The zero-order chi connectivity index (χ0) is 31.7. The van der Waals surface area contributed by atoms with Crippen molar-refractivity contribution in [2.75, 3.05) is 4.90 Å². The van der Waals surface area contributed by atoms with E-state index in [2.05, 4.69) is 41.6 Å². The van der Waals surface area contributed by atoms with Crippen molar-refractivity contribution in [1.82, 2.24) is 41.6 Å². The summed E-state index contributed by atoms with van der Waals surface area (Å²) in [5.74, 6) is -2.68. The molecule has 0 fully saturated rings. The minimum atomic E-state index is -1.22. The third-order valence-electron chi connectivity index (χ3n) is 6.84. The van der Waals surface area contributed by atoms with Gasteiger partial charge in [-0.2, -0.15) is 5.21 Å². The van der Waals surface area contributed by atoms with E-state index in [1.54, 1.807) is 39.8 Å². The lowest BCUT2D eigenvalue weighted by molar-refractivity contribution is -0.137. The first-order valence-corrected chi connectivity index (χ1v) is 14.1. The molecule has 1 aliphatic heterocycles. The molecule has 4 atom stereocenters. The number of alkyl carbamates (subject to hydrolysis) is 1. The molecule has 1 aliphatic rings. The Hall–Kier alpha value is -4.63. The number of amides is 4. The number of tetrazole rings is 1. The molecule has 0 radical (unpaired) electrons. The van der Waals surface area contributed by atoms with Crippen molar-refractivity contribution < 1.29 is 33.8 Å². The number of H-pyrrole nitrogens is 1. The van der Waals surface area contributed by atoms with Crippen molar-refractivity contribution in [2.24, 2.45) is 5.92 Å². The van der Waals surface area contributed by atoms with Gasteiger partial charge in [0.25, 0.3) is 5.91 Å². The van der Waals surface area contributed by atoms with Crippen LogP contribution in [0.1, 0.15) is 71.7 Å². The smallest absolute Gasteiger partial charge is 0.408 e. The van der Waals surface area contributed by atoms with Gasteiger partial charge in [-0.3, -0.25) is 24.1 Å². The number of carbonyl (C=O) groups excluding carboxylic acids is 4. The molecule has 0 aromatic carbocycles. The Morgan fingerprint density at radius 2 is 1.95 bits per heavy atom. The second-order valence-corrected chi connectivity index (χ2v) is 11.3. The molecule has 2 aromatic heterocycles. The number of ether oxygens (including phenoxy) is 1. The summed E-state index contributed by atoms with van der Waals surface area (Å²) >= 11 is 0. The number of carbonyl (C=O) groups is 5. The van der Waals surface area contributed by atoms with Crippen LogP contribution in [0.25, 0.3) is 0 Å². The van der Waals surface area contributed by atoms with Crippen molar-refractivity contribution in [3.8, 4) is 0 Å². The first-order chi connectivity index (χ1) is 20.3. The van der Waals surface area contributed by atoms with Crippen LogP contribution in [0, 0.1) is 5.92 Å². The van der Waals surface area contributed by atoms with E-state index in [4.69, 9.17) is 4.74 Å². The van der Waals surface area contributed by atoms with E-state index in [0.717, 1.165) is 0 Å². The molecular weight excluding hydrogens is 562 g/mol. The molecule has 16 nitrogen and oxygen atoms in total. The van der Waals surface area contributed by atoms with Gasteiger partial charge in [-0.05, 0) is 51.2 Å². The lowest BCUT2D eigenvalue weighted by Gasteiger charge is -2.31. The fourth-order valence-electron chi connectivity index (χ4n) is 4.54. The van der Waals surface area contributed by atoms with Crippen LogP contribution in [0.5, 0.6) is 0 Å². The molecule has 0 aliphatic carbocycles. The molecule has 0 saturated heterocycles. The zero-order valence-corrected chi connectivity index (χ0v) is 24.9. The fourth-order valence-corrected chi connectivity index (χ4v) is 4.54. The molecule has 4 amide bonds. The Morgan fingerprint density at radius 3 is 2.58 bits per heavy atom. The standard InChI is InChI=1S/C27H39N9O7/c1-6-15(2)21(31-26(42)43-27(3,4)5)24(40)30-17(10-7-11-20(37)38)25(41)36-18(13-16-9-8-12-28-22(16)36)23(39)29-14-19-32-34-35-33-19/h8-9,12,15,17-18,21H,6-7,10-11,13-14H2,1-5H3,(H,29,39)(H,30,40)(H,31,42)(H,37,38)(H,32,33,34,35)/t15?,17?,18-,21?/m0/s1. The van der Waals surface area contributed by atoms with E-state index < -0.39 is 53.5 Å². The van der Waals surface area contributed by atoms with Gasteiger partial charge in [0.2, 0.25) is 11.8 Å². The molecule has 3 rings (SSSR count). The Kier molecular flexibility index (Phi) is 11.1. The number of anilines is 1. The number of aliphatic carboxylic acids is 1. The minimum absolute atomic E-state index is 0.0353. The summed E-state index contributed by atoms with van der Waals surface area (Å²) in [4.78, 5) is 70.4. The molecule has 3 unspecified atom stereocenters. The van der Waals surface area contributed by atoms with Crippen molar-refractivity contribution in [1.29, 1.82) is 0 Å². The maximum absolute atomic E-state index is 14.1. The van der Waals surface area contributed by atoms with Crippen LogP contribution in [0.2, 0.25) is 0 Å². The topological polar surface area (TPSA) is 221 Å². The lowest BCUT2D eigenvalue weighted by Crippen LogP contribution is -2.58. The number of carboxylic acids is 1. The van der Waals surface area contributed by atoms with E-state index in [0.29, 0.717) is 12.0 Å². The van der Waals surface area contributed by atoms with E-state index in [9.17, 15) is 29.1 Å². The van der Waals surface area contributed by atoms with Gasteiger partial charge in [-0.25, -0.2) is 9.78 Å². The fraction of sp³-hybridized carbons (Fsp3) is 0.593. The Labute approximate surface area is 248 Å². The number of hydrogen-bond donors (Lipinski definition) is 5. The number of aromatic amines is 1. The van der Waals surface area contributed by atoms with Gasteiger partial charge < -0.3 is 25.8 Å². The van der Waals surface area contributed by atoms with Gasteiger partial charge in [0.15, 0.2) is 5.82 Å². The molecule has 3 heterocycles. The Morgan fingerprint density at radius 1 is 1.21 bits per heavy atom. The molecule has 234 valence electrons. The van der Waals surface area contributed by atoms with E-state index >= 15 is 0 Å². The zero-order valence-electron chi connectivity index (χ0n) is 24.9. The summed E-state index contributed by atoms with van der Waals surface area (Å²) < 4.78 is 5.33. The Bertz CT molecular complexity index is 1300. The number of rotatable bonds is 13. The van der Waals surface area contributed by atoms with Crippen molar-refractivity contribution >= 4 is 35.6 Å². The summed E-state index contributed by atoms with van der Waals surface area (Å²) in [5, 5.41) is 30.6. The first-order valence-electron chi connectivity index (χ1n) is 14.1. The van der Waals surface area contributed by atoms with Crippen molar-refractivity contribution in [3.63, 3.8) is 0 Å². The lowest BCUT2D eigenvalue weighted by atomic mass is 9.97. The number of aromatic nitrogens is 5. The van der Waals surface area contributed by atoms with E-state index in [-0.39, 0.29) is 49.8 Å². The van der Waals surface area contributed by atoms with Gasteiger partial charge in [-0.1, -0.05) is 31.5 Å². The van der Waals surface area contributed by atoms with Gasteiger partial charge in [0.05, 0.1) is 6.54 Å². The maximum Gasteiger partial charge on any atom is 0.408 e. The highest BCUT2D eigenvalue weighted by atomic mass is 16.6.